The highest BCUT2D eigenvalue weighted by Crippen LogP contribution is 1.87. The molecule has 0 amide bonds. The summed E-state index contributed by atoms with van der Waals surface area (Å²) in [4.78, 5) is 2.73. The van der Waals surface area contributed by atoms with Crippen LogP contribution >= 0.6 is 0 Å². The van der Waals surface area contributed by atoms with E-state index in [9.17, 15) is 0 Å². The highest BCUT2D eigenvalue weighted by atomic mass is 15.0. The largest absolute Gasteiger partial charge is 0.353 e. The summed E-state index contributed by atoms with van der Waals surface area (Å²) in [5, 5.41) is 14.6. The monoisotopic (exact) mass is 178 g/mol. The van der Waals surface area contributed by atoms with E-state index in [2.05, 4.69) is 15.6 Å². The lowest BCUT2D eigenvalue weighted by Crippen LogP contribution is -2.39. The van der Waals surface area contributed by atoms with Gasteiger partial charge < -0.3 is 15.6 Å². The Morgan fingerprint density at radius 3 is 2.00 bits per heavy atom. The van der Waals surface area contributed by atoms with Crippen molar-refractivity contribution in [3.63, 3.8) is 0 Å². The van der Waals surface area contributed by atoms with Crippen LogP contribution in [0.3, 0.4) is 0 Å². The molecule has 0 bridgehead atoms. The number of nitriles is 1. The van der Waals surface area contributed by atoms with E-state index in [0.717, 1.165) is 26.2 Å². The van der Waals surface area contributed by atoms with Gasteiger partial charge in [-0.3, -0.25) is 0 Å². The van der Waals surface area contributed by atoms with Crippen LogP contribution in [0.2, 0.25) is 0 Å². The Balaban J connectivity index is 0.000000132. The van der Waals surface area contributed by atoms with Crippen LogP contribution < -0.4 is 10.6 Å². The van der Waals surface area contributed by atoms with Gasteiger partial charge >= 0.3 is 0 Å². The molecule has 2 heterocycles. The maximum absolute atomic E-state index is 8.15. The molecule has 1 fully saturated rings. The van der Waals surface area contributed by atoms with Gasteiger partial charge in [-0.1, -0.05) is 0 Å². The van der Waals surface area contributed by atoms with Crippen LogP contribution in [0.1, 0.15) is 5.69 Å². The first-order chi connectivity index (χ1) is 6.43. The molecule has 1 saturated heterocycles. The van der Waals surface area contributed by atoms with Gasteiger partial charge in [-0.05, 0) is 12.1 Å². The molecule has 1 aliphatic heterocycles. The summed E-state index contributed by atoms with van der Waals surface area (Å²) in [7, 11) is 0. The van der Waals surface area contributed by atoms with E-state index in [0.29, 0.717) is 5.69 Å². The Bertz CT molecular complexity index is 232. The maximum atomic E-state index is 8.15. The van der Waals surface area contributed by atoms with E-state index < -0.39 is 0 Å². The van der Waals surface area contributed by atoms with E-state index in [1.165, 1.54) is 0 Å². The van der Waals surface area contributed by atoms with Crippen LogP contribution in [-0.2, 0) is 0 Å². The number of aromatic amines is 1. The molecular weight excluding hydrogens is 164 g/mol. The van der Waals surface area contributed by atoms with Crippen molar-refractivity contribution in [1.29, 1.82) is 5.26 Å². The molecule has 0 aromatic carbocycles. The quantitative estimate of drug-likeness (QED) is 0.526. The molecule has 0 atom stereocenters. The summed E-state index contributed by atoms with van der Waals surface area (Å²) in [6.07, 6.45) is 1.72. The van der Waals surface area contributed by atoms with E-state index in [1.807, 2.05) is 6.07 Å². The number of rotatable bonds is 0. The molecule has 13 heavy (non-hydrogen) atoms. The molecule has 4 heteroatoms. The maximum Gasteiger partial charge on any atom is 0.117 e. The Hall–Kier alpha value is -1.31. The minimum absolute atomic E-state index is 0.611. The zero-order chi connectivity index (χ0) is 9.36. The third-order valence-corrected chi connectivity index (χ3v) is 1.68. The van der Waals surface area contributed by atoms with Crippen LogP contribution in [0.4, 0.5) is 0 Å². The first-order valence-electron chi connectivity index (χ1n) is 4.38. The van der Waals surface area contributed by atoms with Gasteiger partial charge in [0.25, 0.3) is 0 Å². The molecule has 1 aliphatic rings. The first-order valence-corrected chi connectivity index (χ1v) is 4.38. The molecule has 0 spiro atoms. The van der Waals surface area contributed by atoms with Gasteiger partial charge in [0.15, 0.2) is 0 Å². The molecule has 1 aromatic rings. The molecule has 0 saturated carbocycles. The number of H-pyrrole nitrogens is 1. The molecule has 70 valence electrons. The van der Waals surface area contributed by atoms with Gasteiger partial charge in [-0.25, -0.2) is 0 Å². The first kappa shape index (κ1) is 9.78. The van der Waals surface area contributed by atoms with Gasteiger partial charge in [0.05, 0.1) is 0 Å². The van der Waals surface area contributed by atoms with Gasteiger partial charge in [-0.15, -0.1) is 0 Å². The summed E-state index contributed by atoms with van der Waals surface area (Å²) in [5.41, 5.74) is 0.611. The highest BCUT2D eigenvalue weighted by Gasteiger charge is 1.91. The standard InChI is InChI=1S/C5H4N2.C4H10N2/c6-4-5-2-1-3-7-5;1-2-6-4-3-5-1/h1-3,7H;5-6H,1-4H2. The molecule has 0 radical (unpaired) electrons. The Morgan fingerprint density at radius 2 is 1.77 bits per heavy atom. The van der Waals surface area contributed by atoms with E-state index in [4.69, 9.17) is 5.26 Å². The lowest BCUT2D eigenvalue weighted by atomic mass is 10.4. The predicted molar refractivity (Wildman–Crippen MR) is 51.2 cm³/mol. The molecular formula is C9H14N4. The molecule has 0 unspecified atom stereocenters. The Morgan fingerprint density at radius 1 is 1.15 bits per heavy atom. The third-order valence-electron chi connectivity index (χ3n) is 1.68. The van der Waals surface area contributed by atoms with Crippen molar-refractivity contribution < 1.29 is 0 Å². The number of hydrogen-bond acceptors (Lipinski definition) is 3. The van der Waals surface area contributed by atoms with Crippen LogP contribution in [0.15, 0.2) is 18.3 Å². The second-order valence-corrected chi connectivity index (χ2v) is 2.70. The van der Waals surface area contributed by atoms with Crippen molar-refractivity contribution in [3.05, 3.63) is 24.0 Å². The molecule has 0 aliphatic carbocycles. The molecule has 2 rings (SSSR count). The van der Waals surface area contributed by atoms with Crippen LogP contribution in [0.5, 0.6) is 0 Å². The summed E-state index contributed by atoms with van der Waals surface area (Å²) in [5.74, 6) is 0. The van der Waals surface area contributed by atoms with Gasteiger partial charge in [0, 0.05) is 32.4 Å². The predicted octanol–water partition coefficient (Wildman–Crippen LogP) is 0.0656. The second-order valence-electron chi connectivity index (χ2n) is 2.70. The number of nitrogens with one attached hydrogen (secondary N) is 3. The average Bonchev–Trinajstić information content (AvgIpc) is 2.74. The fourth-order valence-corrected chi connectivity index (χ4v) is 1.00. The number of aromatic nitrogens is 1. The van der Waals surface area contributed by atoms with Gasteiger partial charge in [0.1, 0.15) is 11.8 Å². The zero-order valence-corrected chi connectivity index (χ0v) is 7.51. The highest BCUT2D eigenvalue weighted by molar-refractivity contribution is 5.18. The number of nitrogens with zero attached hydrogens (tertiary/aromatic N) is 1. The molecule has 1 aromatic heterocycles. The van der Waals surface area contributed by atoms with Crippen LogP contribution in [-0.4, -0.2) is 31.2 Å². The Kier molecular flexibility index (Phi) is 4.69. The number of hydrogen-bond donors (Lipinski definition) is 3. The smallest absolute Gasteiger partial charge is 0.117 e. The molecule has 4 nitrogen and oxygen atoms in total. The second kappa shape index (κ2) is 6.23. The van der Waals surface area contributed by atoms with Crippen molar-refractivity contribution in [2.45, 2.75) is 0 Å². The van der Waals surface area contributed by atoms with Gasteiger partial charge in [0.2, 0.25) is 0 Å². The van der Waals surface area contributed by atoms with Gasteiger partial charge in [-0.2, -0.15) is 5.26 Å². The minimum Gasteiger partial charge on any atom is -0.353 e. The van der Waals surface area contributed by atoms with Crippen LogP contribution in [0.25, 0.3) is 0 Å². The third kappa shape index (κ3) is 4.31. The normalized spacial score (nSPS) is 15.3. The summed E-state index contributed by atoms with van der Waals surface area (Å²) in [6, 6.07) is 5.46. The minimum atomic E-state index is 0.611. The van der Waals surface area contributed by atoms with Crippen molar-refractivity contribution in [3.8, 4) is 6.07 Å². The van der Waals surface area contributed by atoms with Crippen LogP contribution in [0, 0.1) is 11.3 Å². The lowest BCUT2D eigenvalue weighted by Gasteiger charge is -2.11. The fraction of sp³-hybridized carbons (Fsp3) is 0.444. The SMILES string of the molecule is C1CNCCN1.N#Cc1ccc[nH]1. The van der Waals surface area contributed by atoms with E-state index >= 15 is 0 Å². The van der Waals surface area contributed by atoms with Crippen molar-refractivity contribution >= 4 is 0 Å². The van der Waals surface area contributed by atoms with E-state index in [-0.39, 0.29) is 0 Å². The van der Waals surface area contributed by atoms with Crippen molar-refractivity contribution in [2.75, 3.05) is 26.2 Å². The summed E-state index contributed by atoms with van der Waals surface area (Å²) >= 11 is 0. The summed E-state index contributed by atoms with van der Waals surface area (Å²) < 4.78 is 0. The van der Waals surface area contributed by atoms with Crippen molar-refractivity contribution in [2.24, 2.45) is 0 Å². The summed E-state index contributed by atoms with van der Waals surface area (Å²) in [6.45, 7) is 4.56. The Labute approximate surface area is 78.0 Å². The number of piperazine rings is 1. The van der Waals surface area contributed by atoms with Crippen molar-refractivity contribution in [1.82, 2.24) is 15.6 Å². The zero-order valence-electron chi connectivity index (χ0n) is 7.51. The lowest BCUT2D eigenvalue weighted by molar-refractivity contribution is 0.534. The fourth-order valence-electron chi connectivity index (χ4n) is 1.00. The topological polar surface area (TPSA) is 63.6 Å². The van der Waals surface area contributed by atoms with E-state index in [1.54, 1.807) is 18.3 Å². The molecule has 3 N–H and O–H groups in total. The average molecular weight is 178 g/mol.